The highest BCUT2D eigenvalue weighted by atomic mass is 16.5. The van der Waals surface area contributed by atoms with Crippen molar-refractivity contribution >= 4 is 0 Å². The fourth-order valence-electron chi connectivity index (χ4n) is 3.45. The van der Waals surface area contributed by atoms with Crippen molar-refractivity contribution in [3.05, 3.63) is 0 Å². The van der Waals surface area contributed by atoms with Gasteiger partial charge in [0, 0.05) is 37.2 Å². The molecule has 4 nitrogen and oxygen atoms in total. The number of hydrogen-bond donors (Lipinski definition) is 1. The maximum Gasteiger partial charge on any atom is 0.0594 e. The monoisotopic (exact) mass is 270 g/mol. The van der Waals surface area contributed by atoms with Gasteiger partial charge in [0.05, 0.1) is 19.8 Å². The molecule has 0 radical (unpaired) electrons. The summed E-state index contributed by atoms with van der Waals surface area (Å²) in [5, 5.41) is 3.79. The van der Waals surface area contributed by atoms with E-state index < -0.39 is 0 Å². The van der Waals surface area contributed by atoms with Gasteiger partial charge >= 0.3 is 0 Å². The second-order valence-corrected chi connectivity index (χ2v) is 6.31. The maximum atomic E-state index is 5.62. The van der Waals surface area contributed by atoms with Gasteiger partial charge in [0.2, 0.25) is 0 Å². The molecule has 2 atom stereocenters. The molecular weight excluding hydrogens is 240 g/mol. The summed E-state index contributed by atoms with van der Waals surface area (Å²) in [5.74, 6) is 0.643. The summed E-state index contributed by atoms with van der Waals surface area (Å²) < 4.78 is 11.1. The molecule has 0 aromatic heterocycles. The highest BCUT2D eigenvalue weighted by molar-refractivity contribution is 4.98. The summed E-state index contributed by atoms with van der Waals surface area (Å²) in [7, 11) is 0. The van der Waals surface area contributed by atoms with E-state index in [1.165, 1.54) is 12.8 Å². The first-order valence-electron chi connectivity index (χ1n) is 7.80. The molecule has 0 saturated carbocycles. The summed E-state index contributed by atoms with van der Waals surface area (Å²) >= 11 is 0. The Morgan fingerprint density at radius 2 is 1.95 bits per heavy atom. The second-order valence-electron chi connectivity index (χ2n) is 6.31. The van der Waals surface area contributed by atoms with Crippen LogP contribution in [0.1, 0.15) is 33.6 Å². The number of hydrogen-bond acceptors (Lipinski definition) is 4. The first-order valence-corrected chi connectivity index (χ1v) is 7.80. The lowest BCUT2D eigenvalue weighted by Gasteiger charge is -2.48. The molecule has 2 aliphatic rings. The van der Waals surface area contributed by atoms with Gasteiger partial charge in [0.1, 0.15) is 0 Å². The van der Waals surface area contributed by atoms with Crippen molar-refractivity contribution in [2.75, 3.05) is 46.1 Å². The molecule has 2 fully saturated rings. The third-order valence-electron chi connectivity index (χ3n) is 4.64. The molecule has 0 amide bonds. The van der Waals surface area contributed by atoms with Gasteiger partial charge in [-0.3, -0.25) is 4.90 Å². The van der Waals surface area contributed by atoms with Crippen LogP contribution in [0.15, 0.2) is 0 Å². The topological polar surface area (TPSA) is 33.7 Å². The van der Waals surface area contributed by atoms with Crippen molar-refractivity contribution in [2.24, 2.45) is 5.92 Å². The predicted octanol–water partition coefficient (Wildman–Crippen LogP) is 1.50. The van der Waals surface area contributed by atoms with Crippen molar-refractivity contribution in [3.63, 3.8) is 0 Å². The highest BCUT2D eigenvalue weighted by Crippen LogP contribution is 2.29. The maximum absolute atomic E-state index is 5.62. The molecule has 0 aromatic carbocycles. The van der Waals surface area contributed by atoms with E-state index in [4.69, 9.17) is 9.47 Å². The molecule has 2 unspecified atom stereocenters. The van der Waals surface area contributed by atoms with Crippen molar-refractivity contribution in [1.29, 1.82) is 0 Å². The molecule has 2 rings (SSSR count). The van der Waals surface area contributed by atoms with E-state index in [0.717, 1.165) is 46.1 Å². The zero-order chi connectivity index (χ0) is 13.7. The first kappa shape index (κ1) is 15.2. The van der Waals surface area contributed by atoms with E-state index in [2.05, 4.69) is 31.0 Å². The number of ether oxygens (including phenoxy) is 2. The molecule has 0 spiro atoms. The molecule has 0 aliphatic carbocycles. The Morgan fingerprint density at radius 3 is 2.53 bits per heavy atom. The SMILES string of the molecule is CCCNC(C1CCOC1)C(C)(C)N1CCOCC1. The van der Waals surface area contributed by atoms with Crippen molar-refractivity contribution in [1.82, 2.24) is 10.2 Å². The average molecular weight is 270 g/mol. The van der Waals surface area contributed by atoms with Crippen LogP contribution in [0.25, 0.3) is 0 Å². The molecule has 2 saturated heterocycles. The van der Waals surface area contributed by atoms with Crippen LogP contribution >= 0.6 is 0 Å². The Morgan fingerprint density at radius 1 is 1.21 bits per heavy atom. The van der Waals surface area contributed by atoms with Crippen LogP contribution in [-0.2, 0) is 9.47 Å². The Bertz CT molecular complexity index is 259. The number of morpholine rings is 1. The fourth-order valence-corrected chi connectivity index (χ4v) is 3.45. The molecule has 112 valence electrons. The van der Waals surface area contributed by atoms with Gasteiger partial charge in [-0.15, -0.1) is 0 Å². The zero-order valence-corrected chi connectivity index (χ0v) is 12.8. The smallest absolute Gasteiger partial charge is 0.0594 e. The Labute approximate surface area is 117 Å². The van der Waals surface area contributed by atoms with Crippen LogP contribution in [0.4, 0.5) is 0 Å². The van der Waals surface area contributed by atoms with Gasteiger partial charge in [0.25, 0.3) is 0 Å². The summed E-state index contributed by atoms with van der Waals surface area (Å²) in [4.78, 5) is 2.59. The lowest BCUT2D eigenvalue weighted by molar-refractivity contribution is -0.0321. The quantitative estimate of drug-likeness (QED) is 0.793. The molecule has 4 heteroatoms. The minimum atomic E-state index is 0.164. The predicted molar refractivity (Wildman–Crippen MR) is 77.5 cm³/mol. The highest BCUT2D eigenvalue weighted by Gasteiger charge is 2.41. The van der Waals surface area contributed by atoms with E-state index >= 15 is 0 Å². The van der Waals surface area contributed by atoms with Gasteiger partial charge in [0.15, 0.2) is 0 Å². The van der Waals surface area contributed by atoms with Crippen molar-refractivity contribution < 1.29 is 9.47 Å². The van der Waals surface area contributed by atoms with Gasteiger partial charge in [-0.2, -0.15) is 0 Å². The minimum Gasteiger partial charge on any atom is -0.381 e. The Balaban J connectivity index is 2.04. The molecule has 2 aliphatic heterocycles. The fraction of sp³-hybridized carbons (Fsp3) is 1.00. The van der Waals surface area contributed by atoms with E-state index in [-0.39, 0.29) is 5.54 Å². The number of rotatable bonds is 6. The van der Waals surface area contributed by atoms with Crippen LogP contribution in [-0.4, -0.2) is 62.5 Å². The van der Waals surface area contributed by atoms with E-state index in [0.29, 0.717) is 12.0 Å². The number of nitrogens with zero attached hydrogens (tertiary/aromatic N) is 1. The molecule has 0 aromatic rings. The van der Waals surface area contributed by atoms with E-state index in [1.54, 1.807) is 0 Å². The van der Waals surface area contributed by atoms with Gasteiger partial charge < -0.3 is 14.8 Å². The summed E-state index contributed by atoms with van der Waals surface area (Å²) in [6.45, 7) is 13.7. The van der Waals surface area contributed by atoms with E-state index in [9.17, 15) is 0 Å². The average Bonchev–Trinajstić information content (AvgIpc) is 2.94. The van der Waals surface area contributed by atoms with Crippen molar-refractivity contribution in [2.45, 2.75) is 45.2 Å². The third kappa shape index (κ3) is 3.69. The number of nitrogens with one attached hydrogen (secondary N) is 1. The van der Waals surface area contributed by atoms with Gasteiger partial charge in [-0.25, -0.2) is 0 Å². The third-order valence-corrected chi connectivity index (χ3v) is 4.64. The van der Waals surface area contributed by atoms with E-state index in [1.807, 2.05) is 0 Å². The van der Waals surface area contributed by atoms with Crippen molar-refractivity contribution in [3.8, 4) is 0 Å². The standard InChI is InChI=1S/C15H30N2O2/c1-4-6-16-14(13-5-9-19-12-13)15(2,3)17-7-10-18-11-8-17/h13-14,16H,4-12H2,1-3H3. The normalized spacial score (nSPS) is 27.6. The molecule has 19 heavy (non-hydrogen) atoms. The molecule has 2 heterocycles. The summed E-state index contributed by atoms with van der Waals surface area (Å²) in [6.07, 6.45) is 2.37. The van der Waals surface area contributed by atoms with Crippen LogP contribution in [0.3, 0.4) is 0 Å². The van der Waals surface area contributed by atoms with Gasteiger partial charge in [-0.05, 0) is 33.2 Å². The largest absolute Gasteiger partial charge is 0.381 e. The van der Waals surface area contributed by atoms with Crippen LogP contribution in [0.5, 0.6) is 0 Å². The molecular formula is C15H30N2O2. The second kappa shape index (κ2) is 7.02. The molecule has 1 N–H and O–H groups in total. The Kier molecular flexibility index (Phi) is 5.63. The Hall–Kier alpha value is -0.160. The molecule has 0 bridgehead atoms. The van der Waals surface area contributed by atoms with Gasteiger partial charge in [-0.1, -0.05) is 6.92 Å². The zero-order valence-electron chi connectivity index (χ0n) is 12.8. The lowest BCUT2D eigenvalue weighted by atomic mass is 9.82. The van der Waals surface area contributed by atoms with Crippen LogP contribution in [0, 0.1) is 5.92 Å². The first-order chi connectivity index (χ1) is 9.16. The summed E-state index contributed by atoms with van der Waals surface area (Å²) in [5.41, 5.74) is 0.164. The minimum absolute atomic E-state index is 0.164. The van der Waals surface area contributed by atoms with Crippen LogP contribution < -0.4 is 5.32 Å². The lowest BCUT2D eigenvalue weighted by Crippen LogP contribution is -2.63. The van der Waals surface area contributed by atoms with Crippen LogP contribution in [0.2, 0.25) is 0 Å². The summed E-state index contributed by atoms with van der Waals surface area (Å²) in [6, 6.07) is 0.507.